The predicted molar refractivity (Wildman–Crippen MR) is 163 cm³/mol. The van der Waals surface area contributed by atoms with Gasteiger partial charge in [0.1, 0.15) is 23.1 Å². The third kappa shape index (κ3) is 6.00. The van der Waals surface area contributed by atoms with E-state index in [0.29, 0.717) is 28.1 Å². The van der Waals surface area contributed by atoms with E-state index in [1.165, 1.54) is 30.5 Å². The minimum Gasteiger partial charge on any atom is -0.373 e. The van der Waals surface area contributed by atoms with Gasteiger partial charge in [0.15, 0.2) is 5.82 Å². The van der Waals surface area contributed by atoms with Crippen molar-refractivity contribution >= 4 is 39.6 Å². The first kappa shape index (κ1) is 28.5. The van der Waals surface area contributed by atoms with Crippen LogP contribution in [0.5, 0.6) is 0 Å². The van der Waals surface area contributed by atoms with Crippen LogP contribution in [-0.4, -0.2) is 44.5 Å². The predicted octanol–water partition coefficient (Wildman–Crippen LogP) is 7.23. The molecule has 2 aromatic heterocycles. The molecule has 0 radical (unpaired) electrons. The molecule has 0 saturated carbocycles. The van der Waals surface area contributed by atoms with Gasteiger partial charge in [-0.2, -0.15) is 5.26 Å². The summed E-state index contributed by atoms with van der Waals surface area (Å²) in [7, 11) is 0. The zero-order valence-electron chi connectivity index (χ0n) is 23.4. The van der Waals surface area contributed by atoms with Gasteiger partial charge in [0, 0.05) is 36.0 Å². The Bertz CT molecular complexity index is 1800. The summed E-state index contributed by atoms with van der Waals surface area (Å²) < 4.78 is 31.3. The first-order valence-electron chi connectivity index (χ1n) is 14.1. The molecule has 1 unspecified atom stereocenters. The Morgan fingerprint density at radius 3 is 2.56 bits per heavy atom. The molecule has 6 rings (SSSR count). The fourth-order valence-electron chi connectivity index (χ4n) is 5.52. The quantitative estimate of drug-likeness (QED) is 0.194. The molecule has 8 nitrogen and oxygen atoms in total. The normalized spacial score (nSPS) is 14.9. The van der Waals surface area contributed by atoms with E-state index in [0.717, 1.165) is 38.0 Å². The second-order valence-electron chi connectivity index (χ2n) is 10.5. The zero-order valence-corrected chi connectivity index (χ0v) is 24.2. The summed E-state index contributed by atoms with van der Waals surface area (Å²) >= 11 is 5.98. The largest absolute Gasteiger partial charge is 0.373 e. The van der Waals surface area contributed by atoms with Gasteiger partial charge in [0.2, 0.25) is 0 Å². The monoisotopic (exact) mass is 598 g/mol. The summed E-state index contributed by atoms with van der Waals surface area (Å²) in [5, 5.41) is 25.7. The van der Waals surface area contributed by atoms with Crippen LogP contribution < -0.4 is 10.6 Å². The van der Waals surface area contributed by atoms with Gasteiger partial charge in [-0.05, 0) is 55.3 Å². The Balaban J connectivity index is 1.37. The van der Waals surface area contributed by atoms with Crippen molar-refractivity contribution in [3.8, 4) is 6.07 Å². The first-order chi connectivity index (χ1) is 20.9. The van der Waals surface area contributed by atoms with Gasteiger partial charge in [-0.15, -0.1) is 5.10 Å². The molecule has 0 aliphatic carbocycles. The second-order valence-corrected chi connectivity index (χ2v) is 11.0. The van der Waals surface area contributed by atoms with Gasteiger partial charge in [0.05, 0.1) is 34.6 Å². The van der Waals surface area contributed by atoms with E-state index in [1.807, 2.05) is 41.2 Å². The average Bonchev–Trinajstić information content (AvgIpc) is 3.52. The number of anilines is 3. The molecule has 43 heavy (non-hydrogen) atoms. The third-order valence-electron chi connectivity index (χ3n) is 7.88. The molecule has 2 N–H and O–H groups in total. The number of fused-ring (bicyclic) bond motifs is 1. The van der Waals surface area contributed by atoms with Crippen molar-refractivity contribution in [1.82, 2.24) is 24.9 Å². The zero-order chi connectivity index (χ0) is 29.9. The number of benzene rings is 3. The van der Waals surface area contributed by atoms with Crippen LogP contribution in [0.15, 0.2) is 73.1 Å². The van der Waals surface area contributed by atoms with Crippen LogP contribution in [-0.2, 0) is 0 Å². The molecular weight excluding hydrogens is 570 g/mol. The van der Waals surface area contributed by atoms with E-state index in [1.54, 1.807) is 6.07 Å². The molecule has 0 amide bonds. The fraction of sp³-hybridized carbons (Fsp3) is 0.250. The number of halogens is 3. The molecule has 0 bridgehead atoms. The van der Waals surface area contributed by atoms with E-state index in [9.17, 15) is 9.65 Å². The lowest BCUT2D eigenvalue weighted by Gasteiger charge is -2.30. The number of nitriles is 1. The summed E-state index contributed by atoms with van der Waals surface area (Å²) in [5.74, 6) is -1.14. The molecule has 1 saturated heterocycles. The molecule has 3 aromatic carbocycles. The molecule has 11 heteroatoms. The molecular formula is C32H29ClF2N8. The number of pyridine rings is 1. The van der Waals surface area contributed by atoms with Crippen LogP contribution >= 0.6 is 11.6 Å². The van der Waals surface area contributed by atoms with Gasteiger partial charge >= 0.3 is 0 Å². The van der Waals surface area contributed by atoms with E-state index < -0.39 is 17.7 Å². The van der Waals surface area contributed by atoms with Gasteiger partial charge in [0.25, 0.3) is 0 Å². The highest BCUT2D eigenvalue weighted by molar-refractivity contribution is 6.31. The van der Waals surface area contributed by atoms with E-state index >= 15 is 4.39 Å². The van der Waals surface area contributed by atoms with E-state index in [-0.39, 0.29) is 22.1 Å². The highest BCUT2D eigenvalue weighted by atomic mass is 35.5. The topological polar surface area (TPSA) is 94.7 Å². The van der Waals surface area contributed by atoms with Gasteiger partial charge in [-0.1, -0.05) is 54.1 Å². The smallest absolute Gasteiger partial charge is 0.151 e. The maximum atomic E-state index is 15.6. The first-order valence-corrected chi connectivity index (χ1v) is 14.5. The highest BCUT2D eigenvalue weighted by Gasteiger charge is 2.24. The third-order valence-corrected chi connectivity index (χ3v) is 8.17. The fourth-order valence-corrected chi connectivity index (χ4v) is 5.70. The van der Waals surface area contributed by atoms with Crippen molar-refractivity contribution < 1.29 is 8.78 Å². The van der Waals surface area contributed by atoms with E-state index in [2.05, 4.69) is 43.8 Å². The summed E-state index contributed by atoms with van der Waals surface area (Å²) in [5.41, 5.74) is 3.15. The standard InChI is InChI=1S/C32H29ClF2N8/c1-2-42-12-10-24(11-13-42)43-19-29(40-41-43)31(20-6-4-3-5-7-20)39-23-14-25-30(38-22-8-9-27(34)26(33)15-22)21(17-36)18-37-32(25)28(35)16-23/h3-9,14-16,18-19,24,31,39H,2,10-13H2,1H3,(H,37,38). The van der Waals surface area contributed by atoms with Gasteiger partial charge in [-0.25, -0.2) is 13.5 Å². The summed E-state index contributed by atoms with van der Waals surface area (Å²) in [6.07, 6.45) is 5.27. The number of hydrogen-bond acceptors (Lipinski definition) is 7. The summed E-state index contributed by atoms with van der Waals surface area (Å²) in [6.45, 7) is 5.25. The maximum Gasteiger partial charge on any atom is 0.151 e. The van der Waals surface area contributed by atoms with Crippen molar-refractivity contribution in [2.75, 3.05) is 30.3 Å². The lowest BCUT2D eigenvalue weighted by atomic mass is 10.0. The molecule has 0 spiro atoms. The molecule has 218 valence electrons. The van der Waals surface area contributed by atoms with Crippen LogP contribution in [0.1, 0.15) is 48.7 Å². The molecule has 3 heterocycles. The van der Waals surface area contributed by atoms with Crippen LogP contribution in [0.3, 0.4) is 0 Å². The summed E-state index contributed by atoms with van der Waals surface area (Å²) in [6, 6.07) is 19.0. The average molecular weight is 599 g/mol. The van der Waals surface area contributed by atoms with Crippen molar-refractivity contribution in [3.05, 3.63) is 107 Å². The molecule has 1 aliphatic heterocycles. The van der Waals surface area contributed by atoms with Crippen LogP contribution in [0.25, 0.3) is 10.9 Å². The highest BCUT2D eigenvalue weighted by Crippen LogP contribution is 2.35. The number of rotatable bonds is 8. The van der Waals surface area contributed by atoms with Crippen LogP contribution in [0.2, 0.25) is 5.02 Å². The lowest BCUT2D eigenvalue weighted by molar-refractivity contribution is 0.186. The van der Waals surface area contributed by atoms with Crippen LogP contribution in [0, 0.1) is 23.0 Å². The second kappa shape index (κ2) is 12.3. The Morgan fingerprint density at radius 1 is 1.05 bits per heavy atom. The minimum atomic E-state index is -0.569. The van der Waals surface area contributed by atoms with E-state index in [4.69, 9.17) is 11.6 Å². The maximum absolute atomic E-state index is 15.6. The number of likely N-dealkylation sites (tertiary alicyclic amines) is 1. The van der Waals surface area contributed by atoms with Gasteiger partial charge < -0.3 is 15.5 Å². The molecule has 1 fully saturated rings. The molecule has 1 aliphatic rings. The van der Waals surface area contributed by atoms with Crippen molar-refractivity contribution in [2.24, 2.45) is 0 Å². The van der Waals surface area contributed by atoms with Crippen molar-refractivity contribution in [3.63, 3.8) is 0 Å². The van der Waals surface area contributed by atoms with Gasteiger partial charge in [-0.3, -0.25) is 4.98 Å². The number of aromatic nitrogens is 4. The lowest BCUT2D eigenvalue weighted by Crippen LogP contribution is -2.34. The van der Waals surface area contributed by atoms with Crippen molar-refractivity contribution in [1.29, 1.82) is 5.26 Å². The summed E-state index contributed by atoms with van der Waals surface area (Å²) in [4.78, 5) is 6.64. The minimum absolute atomic E-state index is 0.0786. The number of hydrogen-bond donors (Lipinski definition) is 2. The number of nitrogens with one attached hydrogen (secondary N) is 2. The molecule has 5 aromatic rings. The Kier molecular flexibility index (Phi) is 8.18. The Hall–Kier alpha value is -4.59. The Labute approximate surface area is 252 Å². The molecule has 1 atom stereocenters. The number of piperidine rings is 1. The number of nitrogens with zero attached hydrogens (tertiary/aromatic N) is 6. The Morgan fingerprint density at radius 2 is 1.84 bits per heavy atom. The van der Waals surface area contributed by atoms with Crippen molar-refractivity contribution in [2.45, 2.75) is 31.8 Å². The van der Waals surface area contributed by atoms with Crippen LogP contribution in [0.4, 0.5) is 25.8 Å². The SMILES string of the molecule is CCN1CCC(n2cc(C(Nc3cc(F)c4ncc(C#N)c(Nc5ccc(F)c(Cl)c5)c4c3)c3ccccc3)nn2)CC1.